The summed E-state index contributed by atoms with van der Waals surface area (Å²) in [6.45, 7) is 3.36. The van der Waals surface area contributed by atoms with E-state index in [-0.39, 0.29) is 0 Å². The van der Waals surface area contributed by atoms with Gasteiger partial charge < -0.3 is 4.90 Å². The van der Waals surface area contributed by atoms with E-state index in [4.69, 9.17) is 0 Å². The molecule has 0 bridgehead atoms. The molecule has 0 aliphatic carbocycles. The van der Waals surface area contributed by atoms with Crippen molar-refractivity contribution >= 4 is 27.9 Å². The molecule has 0 amide bonds. The molecule has 0 spiro atoms. The second-order valence-corrected chi connectivity index (χ2v) is 5.08. The normalized spacial score (nSPS) is 20.1. The fourth-order valence-electron chi connectivity index (χ4n) is 2.39. The van der Waals surface area contributed by atoms with Gasteiger partial charge >= 0.3 is 0 Å². The van der Waals surface area contributed by atoms with Crippen molar-refractivity contribution in [1.29, 1.82) is 0 Å². The summed E-state index contributed by atoms with van der Waals surface area (Å²) in [6.07, 6.45) is 4.62. The summed E-state index contributed by atoms with van der Waals surface area (Å²) in [7, 11) is 0. The second kappa shape index (κ2) is 5.00. The summed E-state index contributed by atoms with van der Waals surface area (Å²) in [6, 6.07) is 6.64. The van der Waals surface area contributed by atoms with Gasteiger partial charge in [0, 0.05) is 28.3 Å². The first-order valence-electron chi connectivity index (χ1n) is 5.77. The van der Waals surface area contributed by atoms with Crippen LogP contribution in [0.25, 0.3) is 0 Å². The molecule has 16 heavy (non-hydrogen) atoms. The number of halogens is 1. The Bertz CT molecular complexity index is 392. The van der Waals surface area contributed by atoms with Crippen LogP contribution in [0.3, 0.4) is 0 Å². The van der Waals surface area contributed by atoms with Crippen molar-refractivity contribution in [1.82, 2.24) is 0 Å². The molecule has 0 aromatic heterocycles. The van der Waals surface area contributed by atoms with Crippen LogP contribution in [-0.2, 0) is 0 Å². The largest absolute Gasteiger partial charge is 0.369 e. The molecule has 1 saturated heterocycles. The number of aldehydes is 1. The molecule has 1 heterocycles. The predicted octanol–water partition coefficient (Wildman–Crippen LogP) is 3.64. The minimum absolute atomic E-state index is 0.661. The van der Waals surface area contributed by atoms with Gasteiger partial charge in [0.05, 0.1) is 0 Å². The van der Waals surface area contributed by atoms with E-state index < -0.39 is 0 Å². The first-order valence-corrected chi connectivity index (χ1v) is 6.57. The molecule has 3 heteroatoms. The summed E-state index contributed by atoms with van der Waals surface area (Å²) in [5.74, 6) is 0. The maximum atomic E-state index is 10.7. The third kappa shape index (κ3) is 2.14. The molecule has 1 fully saturated rings. The number of anilines is 1. The van der Waals surface area contributed by atoms with E-state index in [9.17, 15) is 4.79 Å². The SMILES string of the molecule is CCC1CCCN1c1ccc(C=O)c(Br)c1. The van der Waals surface area contributed by atoms with Crippen LogP contribution in [0.4, 0.5) is 5.69 Å². The van der Waals surface area contributed by atoms with Crippen LogP contribution < -0.4 is 4.90 Å². The highest BCUT2D eigenvalue weighted by Gasteiger charge is 2.23. The molecule has 86 valence electrons. The van der Waals surface area contributed by atoms with Crippen LogP contribution >= 0.6 is 15.9 Å². The lowest BCUT2D eigenvalue weighted by molar-refractivity contribution is 0.112. The third-order valence-electron chi connectivity index (χ3n) is 3.29. The van der Waals surface area contributed by atoms with E-state index in [0.717, 1.165) is 22.9 Å². The highest BCUT2D eigenvalue weighted by atomic mass is 79.9. The first-order chi connectivity index (χ1) is 7.76. The minimum Gasteiger partial charge on any atom is -0.369 e. The Morgan fingerprint density at radius 2 is 2.38 bits per heavy atom. The molecule has 1 atom stereocenters. The van der Waals surface area contributed by atoms with Crippen LogP contribution in [0.15, 0.2) is 22.7 Å². The van der Waals surface area contributed by atoms with E-state index in [1.165, 1.54) is 24.9 Å². The molecule has 1 aromatic carbocycles. The van der Waals surface area contributed by atoms with Crippen molar-refractivity contribution in [2.45, 2.75) is 32.2 Å². The molecule has 0 radical (unpaired) electrons. The summed E-state index contributed by atoms with van der Waals surface area (Å²) < 4.78 is 0.891. The summed E-state index contributed by atoms with van der Waals surface area (Å²) in [5, 5.41) is 0. The number of nitrogens with zero attached hydrogens (tertiary/aromatic N) is 1. The Labute approximate surface area is 105 Å². The number of rotatable bonds is 3. The number of benzene rings is 1. The predicted molar refractivity (Wildman–Crippen MR) is 70.2 cm³/mol. The van der Waals surface area contributed by atoms with Gasteiger partial charge in [0.15, 0.2) is 6.29 Å². The molecule has 1 aromatic rings. The average Bonchev–Trinajstić information content (AvgIpc) is 2.77. The fraction of sp³-hybridized carbons (Fsp3) is 0.462. The van der Waals surface area contributed by atoms with Crippen molar-refractivity contribution in [2.24, 2.45) is 0 Å². The van der Waals surface area contributed by atoms with Gasteiger partial charge in [-0.3, -0.25) is 4.79 Å². The molecular weight excluding hydrogens is 266 g/mol. The Morgan fingerprint density at radius 3 is 3.00 bits per heavy atom. The molecule has 1 aliphatic heterocycles. The Hall–Kier alpha value is -0.830. The van der Waals surface area contributed by atoms with Gasteiger partial charge in [0.1, 0.15) is 0 Å². The van der Waals surface area contributed by atoms with Gasteiger partial charge in [-0.2, -0.15) is 0 Å². The molecule has 0 N–H and O–H groups in total. The van der Waals surface area contributed by atoms with Gasteiger partial charge in [-0.1, -0.05) is 6.92 Å². The van der Waals surface area contributed by atoms with Crippen LogP contribution in [-0.4, -0.2) is 18.9 Å². The average molecular weight is 282 g/mol. The van der Waals surface area contributed by atoms with Gasteiger partial charge in [-0.15, -0.1) is 0 Å². The maximum Gasteiger partial charge on any atom is 0.151 e. The Balaban J connectivity index is 2.27. The van der Waals surface area contributed by atoms with Crippen molar-refractivity contribution in [3.8, 4) is 0 Å². The van der Waals surface area contributed by atoms with Crippen LogP contribution in [0.2, 0.25) is 0 Å². The van der Waals surface area contributed by atoms with Gasteiger partial charge in [0.25, 0.3) is 0 Å². The van der Waals surface area contributed by atoms with Gasteiger partial charge in [-0.05, 0) is 53.4 Å². The number of carbonyl (C=O) groups excluding carboxylic acids is 1. The van der Waals surface area contributed by atoms with Crippen molar-refractivity contribution in [3.63, 3.8) is 0 Å². The zero-order valence-corrected chi connectivity index (χ0v) is 11.0. The van der Waals surface area contributed by atoms with Crippen molar-refractivity contribution in [2.75, 3.05) is 11.4 Å². The van der Waals surface area contributed by atoms with Crippen molar-refractivity contribution in [3.05, 3.63) is 28.2 Å². The lowest BCUT2D eigenvalue weighted by Crippen LogP contribution is -2.28. The number of carbonyl (C=O) groups is 1. The monoisotopic (exact) mass is 281 g/mol. The lowest BCUT2D eigenvalue weighted by atomic mass is 10.1. The van der Waals surface area contributed by atoms with Crippen molar-refractivity contribution < 1.29 is 4.79 Å². The van der Waals surface area contributed by atoms with Gasteiger partial charge in [-0.25, -0.2) is 0 Å². The number of hydrogen-bond acceptors (Lipinski definition) is 2. The zero-order chi connectivity index (χ0) is 11.5. The smallest absolute Gasteiger partial charge is 0.151 e. The first kappa shape index (κ1) is 11.6. The number of hydrogen-bond donors (Lipinski definition) is 0. The van der Waals surface area contributed by atoms with Crippen LogP contribution in [0.5, 0.6) is 0 Å². The van der Waals surface area contributed by atoms with Crippen LogP contribution in [0.1, 0.15) is 36.5 Å². The van der Waals surface area contributed by atoms with E-state index in [2.05, 4.69) is 33.8 Å². The molecule has 0 saturated carbocycles. The standard InChI is InChI=1S/C13H16BrNO/c1-2-11-4-3-7-15(11)12-6-5-10(9-16)13(14)8-12/h5-6,8-9,11H,2-4,7H2,1H3. The minimum atomic E-state index is 0.661. The lowest BCUT2D eigenvalue weighted by Gasteiger charge is -2.26. The summed E-state index contributed by atoms with van der Waals surface area (Å²) in [5.41, 5.74) is 1.94. The maximum absolute atomic E-state index is 10.7. The molecule has 1 unspecified atom stereocenters. The molecular formula is C13H16BrNO. The highest BCUT2D eigenvalue weighted by molar-refractivity contribution is 9.10. The Morgan fingerprint density at radius 1 is 1.56 bits per heavy atom. The van der Waals surface area contributed by atoms with Crippen LogP contribution in [0, 0.1) is 0 Å². The van der Waals surface area contributed by atoms with E-state index >= 15 is 0 Å². The quantitative estimate of drug-likeness (QED) is 0.789. The Kier molecular flexibility index (Phi) is 3.64. The van der Waals surface area contributed by atoms with E-state index in [1.807, 2.05) is 12.1 Å². The fourth-order valence-corrected chi connectivity index (χ4v) is 2.85. The topological polar surface area (TPSA) is 20.3 Å². The van der Waals surface area contributed by atoms with E-state index in [1.54, 1.807) is 0 Å². The summed E-state index contributed by atoms with van der Waals surface area (Å²) >= 11 is 3.44. The molecule has 1 aliphatic rings. The second-order valence-electron chi connectivity index (χ2n) is 4.22. The van der Waals surface area contributed by atoms with Gasteiger partial charge in [0.2, 0.25) is 0 Å². The zero-order valence-electron chi connectivity index (χ0n) is 9.45. The molecule has 2 nitrogen and oxygen atoms in total. The summed E-state index contributed by atoms with van der Waals surface area (Å²) in [4.78, 5) is 13.2. The third-order valence-corrected chi connectivity index (χ3v) is 3.98. The highest BCUT2D eigenvalue weighted by Crippen LogP contribution is 2.30. The van der Waals surface area contributed by atoms with E-state index in [0.29, 0.717) is 6.04 Å². The molecule has 2 rings (SSSR count).